The number of carbonyl (C=O) groups excluding carboxylic acids is 5. The first-order valence-electron chi connectivity index (χ1n) is 11.4. The molecule has 0 aliphatic carbocycles. The average molecular weight is 511 g/mol. The van der Waals surface area contributed by atoms with Crippen LogP contribution in [0, 0.1) is 18.8 Å². The predicted octanol–water partition coefficient (Wildman–Crippen LogP) is 1.63. The van der Waals surface area contributed by atoms with Crippen LogP contribution in [0.4, 0.5) is 11.4 Å². The van der Waals surface area contributed by atoms with Crippen LogP contribution in [0.2, 0.25) is 5.02 Å². The first-order valence-corrected chi connectivity index (χ1v) is 11.8. The van der Waals surface area contributed by atoms with Crippen LogP contribution in [0.5, 0.6) is 0 Å². The third-order valence-corrected chi connectivity index (χ3v) is 7.28. The number of imide groups is 1. The summed E-state index contributed by atoms with van der Waals surface area (Å²) in [6, 6.07) is 8.42. The summed E-state index contributed by atoms with van der Waals surface area (Å²) in [5.74, 6) is -5.08. The van der Waals surface area contributed by atoms with Gasteiger partial charge in [0, 0.05) is 18.0 Å². The molecule has 0 unspecified atom stereocenters. The quantitative estimate of drug-likeness (QED) is 0.409. The number of nitrogens with two attached hydrogens (primary N) is 1. The summed E-state index contributed by atoms with van der Waals surface area (Å²) >= 11 is 6.40. The van der Waals surface area contributed by atoms with Crippen LogP contribution in [-0.2, 0) is 29.5 Å². The van der Waals surface area contributed by atoms with Crippen molar-refractivity contribution in [2.24, 2.45) is 17.6 Å². The highest BCUT2D eigenvalue weighted by molar-refractivity contribution is 6.35. The Kier molecular flexibility index (Phi) is 5.60. The second-order valence-corrected chi connectivity index (χ2v) is 9.54. The number of aryl methyl sites for hydroxylation is 1. The maximum atomic E-state index is 13.9. The van der Waals surface area contributed by atoms with Gasteiger partial charge in [0.15, 0.2) is 0 Å². The fourth-order valence-corrected chi connectivity index (χ4v) is 5.92. The number of primary amides is 1. The minimum absolute atomic E-state index is 0.205. The highest BCUT2D eigenvalue weighted by atomic mass is 35.5. The molecule has 0 aromatic heterocycles. The van der Waals surface area contributed by atoms with Gasteiger partial charge in [0.25, 0.3) is 0 Å². The number of nitrogens with zero attached hydrogens (tertiary/aromatic N) is 1. The summed E-state index contributed by atoms with van der Waals surface area (Å²) in [4.78, 5) is 65.9. The summed E-state index contributed by atoms with van der Waals surface area (Å²) in [5, 5.41) is 6.18. The van der Waals surface area contributed by atoms with Crippen LogP contribution in [0.3, 0.4) is 0 Å². The second kappa shape index (κ2) is 8.42. The van der Waals surface area contributed by atoms with E-state index >= 15 is 0 Å². The molecule has 5 rings (SSSR count). The van der Waals surface area contributed by atoms with E-state index in [1.54, 1.807) is 26.0 Å². The molecule has 3 aliphatic heterocycles. The summed E-state index contributed by atoms with van der Waals surface area (Å²) in [5.41, 5.74) is 5.91. The number of rotatable bonds is 5. The summed E-state index contributed by atoms with van der Waals surface area (Å²) in [7, 11) is 0. The molecule has 36 heavy (non-hydrogen) atoms. The van der Waals surface area contributed by atoms with E-state index in [4.69, 9.17) is 22.1 Å². The number of fused-ring (bicyclic) bond motifs is 4. The lowest BCUT2D eigenvalue weighted by atomic mass is 9.76. The zero-order valence-corrected chi connectivity index (χ0v) is 20.2. The molecule has 2 aromatic carbocycles. The van der Waals surface area contributed by atoms with Gasteiger partial charge in [0.05, 0.1) is 40.4 Å². The molecule has 2 saturated heterocycles. The Balaban J connectivity index is 1.61. The van der Waals surface area contributed by atoms with Gasteiger partial charge < -0.3 is 15.8 Å². The normalized spacial score (nSPS) is 26.2. The molecule has 0 saturated carbocycles. The van der Waals surface area contributed by atoms with E-state index in [0.717, 1.165) is 10.5 Å². The van der Waals surface area contributed by atoms with Gasteiger partial charge in [-0.3, -0.25) is 24.5 Å². The number of anilines is 2. The van der Waals surface area contributed by atoms with Crippen LogP contribution in [0.25, 0.3) is 0 Å². The van der Waals surface area contributed by atoms with Gasteiger partial charge in [0.2, 0.25) is 23.6 Å². The van der Waals surface area contributed by atoms with Crippen molar-refractivity contribution < 1.29 is 28.7 Å². The van der Waals surface area contributed by atoms with E-state index in [-0.39, 0.29) is 24.3 Å². The zero-order valence-electron chi connectivity index (χ0n) is 19.5. The SMILES string of the molecule is CCOC(=O)c1ccc(N2C(=O)[C@H]3[C@H](CC(N)=O)N[C@]4(C(=O)Nc5c(Cl)cc(C)cc54)[C@@H]3C2=O)cc1. The third kappa shape index (κ3) is 3.32. The van der Waals surface area contributed by atoms with Crippen LogP contribution in [-0.4, -0.2) is 42.2 Å². The van der Waals surface area contributed by atoms with Crippen LogP contribution < -0.4 is 21.3 Å². The van der Waals surface area contributed by atoms with E-state index in [0.29, 0.717) is 16.3 Å². The molecule has 4 amide bonds. The number of nitrogens with one attached hydrogen (secondary N) is 2. The Bertz CT molecular complexity index is 1340. The lowest BCUT2D eigenvalue weighted by Gasteiger charge is -2.29. The molecule has 4 atom stereocenters. The van der Waals surface area contributed by atoms with Crippen molar-refractivity contribution in [2.75, 3.05) is 16.8 Å². The Labute approximate surface area is 211 Å². The molecule has 3 heterocycles. The number of ether oxygens (including phenoxy) is 1. The Morgan fingerprint density at radius 3 is 2.47 bits per heavy atom. The number of hydrogen-bond donors (Lipinski definition) is 3. The Morgan fingerprint density at radius 2 is 1.83 bits per heavy atom. The van der Waals surface area contributed by atoms with Gasteiger partial charge >= 0.3 is 5.97 Å². The number of amides is 4. The van der Waals surface area contributed by atoms with Crippen LogP contribution in [0.1, 0.15) is 34.8 Å². The van der Waals surface area contributed by atoms with E-state index in [1.165, 1.54) is 24.3 Å². The molecule has 0 radical (unpaired) electrons. The average Bonchev–Trinajstić information content (AvgIpc) is 3.39. The Hall–Kier alpha value is -3.76. The highest BCUT2D eigenvalue weighted by Crippen LogP contribution is 2.55. The molecule has 186 valence electrons. The highest BCUT2D eigenvalue weighted by Gasteiger charge is 2.71. The first-order chi connectivity index (χ1) is 17.1. The topological polar surface area (TPSA) is 148 Å². The van der Waals surface area contributed by atoms with Crippen molar-refractivity contribution in [1.29, 1.82) is 0 Å². The second-order valence-electron chi connectivity index (χ2n) is 9.14. The lowest BCUT2D eigenvalue weighted by molar-refractivity contribution is -0.130. The van der Waals surface area contributed by atoms with Gasteiger partial charge in [-0.1, -0.05) is 17.7 Å². The zero-order chi connectivity index (χ0) is 25.9. The van der Waals surface area contributed by atoms with E-state index in [9.17, 15) is 24.0 Å². The first kappa shape index (κ1) is 24.0. The van der Waals surface area contributed by atoms with Crippen molar-refractivity contribution in [3.8, 4) is 0 Å². The summed E-state index contributed by atoms with van der Waals surface area (Å²) in [6.45, 7) is 3.69. The molecule has 1 spiro atoms. The molecular formula is C25H23ClN4O6. The largest absolute Gasteiger partial charge is 0.462 e. The fourth-order valence-electron chi connectivity index (χ4n) is 5.60. The minimum Gasteiger partial charge on any atom is -0.462 e. The fraction of sp³-hybridized carbons (Fsp3) is 0.320. The summed E-state index contributed by atoms with van der Waals surface area (Å²) in [6.07, 6.45) is -0.250. The van der Waals surface area contributed by atoms with Crippen LogP contribution >= 0.6 is 11.6 Å². The smallest absolute Gasteiger partial charge is 0.338 e. The van der Waals surface area contributed by atoms with Crippen molar-refractivity contribution in [3.05, 3.63) is 58.1 Å². The molecule has 0 bridgehead atoms. The van der Waals surface area contributed by atoms with E-state index in [1.807, 2.05) is 0 Å². The number of benzene rings is 2. The van der Waals surface area contributed by atoms with Gasteiger partial charge in [-0.2, -0.15) is 0 Å². The summed E-state index contributed by atoms with van der Waals surface area (Å²) < 4.78 is 4.98. The monoisotopic (exact) mass is 510 g/mol. The molecule has 10 nitrogen and oxygen atoms in total. The van der Waals surface area contributed by atoms with E-state index in [2.05, 4.69) is 10.6 Å². The molecule has 2 aromatic rings. The molecule has 11 heteroatoms. The van der Waals surface area contributed by atoms with Crippen molar-refractivity contribution >= 4 is 52.6 Å². The third-order valence-electron chi connectivity index (χ3n) is 6.98. The van der Waals surface area contributed by atoms with Gasteiger partial charge in [-0.25, -0.2) is 9.69 Å². The van der Waals surface area contributed by atoms with E-state index < -0.39 is 53.0 Å². The number of halogens is 1. The van der Waals surface area contributed by atoms with Gasteiger partial charge in [-0.15, -0.1) is 0 Å². The molecule has 3 aliphatic rings. The van der Waals surface area contributed by atoms with Crippen molar-refractivity contribution in [2.45, 2.75) is 31.8 Å². The predicted molar refractivity (Wildman–Crippen MR) is 129 cm³/mol. The van der Waals surface area contributed by atoms with Crippen molar-refractivity contribution in [1.82, 2.24) is 5.32 Å². The number of hydrogen-bond acceptors (Lipinski definition) is 7. The lowest BCUT2D eigenvalue weighted by Crippen LogP contribution is -2.53. The molecule has 2 fully saturated rings. The maximum absolute atomic E-state index is 13.9. The molecule has 4 N–H and O–H groups in total. The van der Waals surface area contributed by atoms with Gasteiger partial charge in [0.1, 0.15) is 5.54 Å². The number of esters is 1. The Morgan fingerprint density at radius 1 is 1.14 bits per heavy atom. The molecular weight excluding hydrogens is 488 g/mol. The standard InChI is InChI=1S/C25H23ClN4O6/c1-3-36-23(34)12-4-6-13(7-5-12)30-21(32)18-16(10-17(27)31)29-25(19(18)22(30)33)14-8-11(2)9-15(26)20(14)28-24(25)35/h4-9,16,18-19,29H,3,10H2,1-2H3,(H2,27,31)(H,28,35)/t16-,18-,19-,25-/m0/s1. The minimum atomic E-state index is -1.61. The maximum Gasteiger partial charge on any atom is 0.338 e. The van der Waals surface area contributed by atoms with Gasteiger partial charge in [-0.05, 0) is 49.7 Å². The number of carbonyl (C=O) groups is 5. The van der Waals surface area contributed by atoms with Crippen LogP contribution in [0.15, 0.2) is 36.4 Å². The van der Waals surface area contributed by atoms with Crippen molar-refractivity contribution in [3.63, 3.8) is 0 Å².